The number of hydrogen-bond acceptors (Lipinski definition) is 11. The summed E-state index contributed by atoms with van der Waals surface area (Å²) in [4.78, 5) is 62.6. The molecule has 3 N–H and O–H groups in total. The van der Waals surface area contributed by atoms with Gasteiger partial charge in [-0.1, -0.05) is 38.7 Å². The molecule has 37 heavy (non-hydrogen) atoms. The van der Waals surface area contributed by atoms with Crippen molar-refractivity contribution in [3.05, 3.63) is 34.4 Å². The molecule has 0 unspecified atom stereocenters. The number of aliphatic hydroxyl groups is 3. The summed E-state index contributed by atoms with van der Waals surface area (Å²) >= 11 is 0. The molecule has 0 saturated heterocycles. The second kappa shape index (κ2) is 11.1. The van der Waals surface area contributed by atoms with Gasteiger partial charge in [-0.05, 0) is 25.2 Å². The van der Waals surface area contributed by atoms with E-state index in [1.165, 1.54) is 12.2 Å². The quantitative estimate of drug-likeness (QED) is 0.179. The van der Waals surface area contributed by atoms with Gasteiger partial charge in [0.25, 0.3) is 0 Å². The molecule has 4 rings (SSSR count). The fraction of sp³-hybridized carbons (Fsp3) is 0.577. The van der Waals surface area contributed by atoms with Crippen LogP contribution in [0.1, 0.15) is 58.3 Å². The molecule has 3 aliphatic heterocycles. The van der Waals surface area contributed by atoms with Gasteiger partial charge in [0, 0.05) is 24.0 Å². The Morgan fingerprint density at radius 2 is 1.51 bits per heavy atom. The van der Waals surface area contributed by atoms with E-state index in [0.717, 1.165) is 19.3 Å². The predicted molar refractivity (Wildman–Crippen MR) is 123 cm³/mol. The molecular weight excluding hydrogens is 488 g/mol. The molecule has 0 saturated carbocycles. The van der Waals surface area contributed by atoms with Gasteiger partial charge < -0.3 is 29.5 Å². The van der Waals surface area contributed by atoms with Crippen LogP contribution < -0.4 is 0 Å². The van der Waals surface area contributed by atoms with Crippen LogP contribution in [0.4, 0.5) is 0 Å². The highest BCUT2D eigenvalue weighted by atomic mass is 16.6. The number of unbranched alkanes of at least 4 members (excludes halogenated alkanes) is 3. The standard InChI is InChI=1S/C26H30O11/c1-2-3-4-5-7-15(27)20-18-13(23(31)36-25(18)33)10-12(21(29)16-8-6-9-17(28)35-16)11-14-19(22(20)30)26(34)37-24(14)32/h6,9,12,15-16,20-22,27,29-30H,2-5,7-8,10-11H2,1H3/t12-,15-,16+,20+,21+,22+/m0/s1. The summed E-state index contributed by atoms with van der Waals surface area (Å²) in [5.41, 5.74) is -1.10. The Labute approximate surface area is 212 Å². The third-order valence-corrected chi connectivity index (χ3v) is 7.38. The first-order valence-electron chi connectivity index (χ1n) is 12.5. The molecule has 0 aromatic carbocycles. The molecule has 11 heteroatoms. The van der Waals surface area contributed by atoms with Crippen LogP contribution in [-0.2, 0) is 38.2 Å². The highest BCUT2D eigenvalue weighted by Gasteiger charge is 2.51. The van der Waals surface area contributed by atoms with E-state index in [9.17, 15) is 39.3 Å². The lowest BCUT2D eigenvalue weighted by Crippen LogP contribution is -2.39. The lowest BCUT2D eigenvalue weighted by Gasteiger charge is -2.30. The number of carbonyl (C=O) groups is 5. The summed E-state index contributed by atoms with van der Waals surface area (Å²) < 4.78 is 14.8. The maximum Gasteiger partial charge on any atom is 0.345 e. The van der Waals surface area contributed by atoms with Crippen molar-refractivity contribution in [2.24, 2.45) is 11.8 Å². The van der Waals surface area contributed by atoms with Crippen molar-refractivity contribution >= 4 is 29.8 Å². The zero-order valence-corrected chi connectivity index (χ0v) is 20.4. The van der Waals surface area contributed by atoms with Crippen molar-refractivity contribution in [3.8, 4) is 0 Å². The third-order valence-electron chi connectivity index (χ3n) is 7.38. The number of carbonyl (C=O) groups excluding carboxylic acids is 5. The zero-order valence-electron chi connectivity index (χ0n) is 20.4. The van der Waals surface area contributed by atoms with Crippen molar-refractivity contribution in [2.45, 2.75) is 82.7 Å². The topological polar surface area (TPSA) is 174 Å². The van der Waals surface area contributed by atoms with Crippen LogP contribution >= 0.6 is 0 Å². The molecule has 0 radical (unpaired) electrons. The fourth-order valence-electron chi connectivity index (χ4n) is 5.48. The second-order valence-corrected chi connectivity index (χ2v) is 9.80. The summed E-state index contributed by atoms with van der Waals surface area (Å²) in [6.07, 6.45) is 0.0132. The van der Waals surface area contributed by atoms with Crippen LogP contribution in [0.3, 0.4) is 0 Å². The summed E-state index contributed by atoms with van der Waals surface area (Å²) in [5, 5.41) is 33.6. The minimum absolute atomic E-state index is 0.155. The minimum atomic E-state index is -1.84. The summed E-state index contributed by atoms with van der Waals surface area (Å²) in [6, 6.07) is 0. The van der Waals surface area contributed by atoms with Crippen molar-refractivity contribution in [3.63, 3.8) is 0 Å². The van der Waals surface area contributed by atoms with E-state index in [0.29, 0.717) is 6.42 Å². The van der Waals surface area contributed by atoms with E-state index < -0.39 is 71.7 Å². The van der Waals surface area contributed by atoms with E-state index in [2.05, 4.69) is 0 Å². The second-order valence-electron chi connectivity index (χ2n) is 9.80. The Kier molecular flexibility index (Phi) is 8.05. The van der Waals surface area contributed by atoms with Gasteiger partial charge >= 0.3 is 29.8 Å². The van der Waals surface area contributed by atoms with Gasteiger partial charge in [-0.3, -0.25) is 0 Å². The summed E-state index contributed by atoms with van der Waals surface area (Å²) in [5.74, 6) is -7.33. The van der Waals surface area contributed by atoms with Gasteiger partial charge in [-0.2, -0.15) is 0 Å². The first-order chi connectivity index (χ1) is 17.6. The average molecular weight is 519 g/mol. The largest absolute Gasteiger partial charge is 0.456 e. The number of cyclic esters (lactones) is 5. The van der Waals surface area contributed by atoms with Gasteiger partial charge in [0.15, 0.2) is 0 Å². The minimum Gasteiger partial charge on any atom is -0.456 e. The van der Waals surface area contributed by atoms with E-state index >= 15 is 0 Å². The molecule has 11 nitrogen and oxygen atoms in total. The maximum atomic E-state index is 12.8. The number of rotatable bonds is 8. The Bertz CT molecular complexity index is 1100. The first-order valence-corrected chi connectivity index (χ1v) is 12.5. The highest BCUT2D eigenvalue weighted by Crippen LogP contribution is 2.43. The predicted octanol–water partition coefficient (Wildman–Crippen LogP) is 0.697. The van der Waals surface area contributed by atoms with E-state index in [1.807, 2.05) is 6.92 Å². The smallest absolute Gasteiger partial charge is 0.345 e. The van der Waals surface area contributed by atoms with Gasteiger partial charge in [-0.15, -0.1) is 0 Å². The Balaban J connectivity index is 1.78. The van der Waals surface area contributed by atoms with Crippen LogP contribution in [0.15, 0.2) is 34.4 Å². The number of aliphatic hydroxyl groups excluding tert-OH is 3. The molecule has 1 aliphatic carbocycles. The summed E-state index contributed by atoms with van der Waals surface area (Å²) in [6.45, 7) is 2.02. The zero-order chi connectivity index (χ0) is 26.9. The molecule has 0 fully saturated rings. The van der Waals surface area contributed by atoms with Crippen LogP contribution in [0.25, 0.3) is 0 Å². The van der Waals surface area contributed by atoms with E-state index in [1.54, 1.807) is 0 Å². The molecule has 0 spiro atoms. The van der Waals surface area contributed by atoms with Crippen molar-refractivity contribution < 1.29 is 53.5 Å². The van der Waals surface area contributed by atoms with Crippen molar-refractivity contribution in [1.82, 2.24) is 0 Å². The monoisotopic (exact) mass is 518 g/mol. The molecular formula is C26H30O11. The van der Waals surface area contributed by atoms with Crippen molar-refractivity contribution in [1.29, 1.82) is 0 Å². The molecule has 0 aromatic rings. The number of ether oxygens (including phenoxy) is 3. The third kappa shape index (κ3) is 5.29. The molecule has 200 valence electrons. The average Bonchev–Trinajstić information content (AvgIpc) is 3.30. The lowest BCUT2D eigenvalue weighted by molar-refractivity contribution is -0.154. The Morgan fingerprint density at radius 1 is 0.892 bits per heavy atom. The van der Waals surface area contributed by atoms with Crippen LogP contribution in [0, 0.1) is 11.8 Å². The SMILES string of the molecule is CCCCCC[C@H](O)[C@@H]1C2=C(C[C@H]([C@@H](O)[C@H]3CC=CC(=O)O3)CC3=C(C(=O)OC3=O)[C@H]1O)C(=O)OC2=O. The van der Waals surface area contributed by atoms with Gasteiger partial charge in [-0.25, -0.2) is 24.0 Å². The van der Waals surface area contributed by atoms with Gasteiger partial charge in [0.1, 0.15) is 6.10 Å². The highest BCUT2D eigenvalue weighted by molar-refractivity contribution is 6.15. The molecule has 6 atom stereocenters. The fourth-order valence-corrected chi connectivity index (χ4v) is 5.48. The van der Waals surface area contributed by atoms with Crippen LogP contribution in [0.2, 0.25) is 0 Å². The molecule has 0 amide bonds. The normalized spacial score (nSPS) is 29.7. The molecule has 0 aromatic heterocycles. The van der Waals surface area contributed by atoms with Crippen LogP contribution in [0.5, 0.6) is 0 Å². The van der Waals surface area contributed by atoms with E-state index in [-0.39, 0.29) is 42.4 Å². The molecule has 0 bridgehead atoms. The van der Waals surface area contributed by atoms with Crippen LogP contribution in [-0.4, -0.2) is 69.6 Å². The molecule has 4 aliphatic rings. The summed E-state index contributed by atoms with van der Waals surface area (Å²) in [7, 11) is 0. The lowest BCUT2D eigenvalue weighted by atomic mass is 9.80. The maximum absolute atomic E-state index is 12.8. The number of esters is 5. The molecule has 3 heterocycles. The Morgan fingerprint density at radius 3 is 2.14 bits per heavy atom. The Hall–Kier alpha value is -3.15. The van der Waals surface area contributed by atoms with E-state index in [4.69, 9.17) is 14.2 Å². The van der Waals surface area contributed by atoms with Gasteiger partial charge in [0.2, 0.25) is 0 Å². The van der Waals surface area contributed by atoms with Crippen molar-refractivity contribution in [2.75, 3.05) is 0 Å². The van der Waals surface area contributed by atoms with Gasteiger partial charge in [0.05, 0.1) is 35.0 Å². The number of hydrogen-bond donors (Lipinski definition) is 3. The first kappa shape index (κ1) is 26.9.